The number of esters is 1. The maximum Gasteiger partial charge on any atom is 0.338 e. The van der Waals surface area contributed by atoms with E-state index in [2.05, 4.69) is 4.98 Å². The molecule has 0 saturated carbocycles. The number of aryl methyl sites for hydroxylation is 1. The van der Waals surface area contributed by atoms with Crippen molar-refractivity contribution in [1.82, 2.24) is 4.98 Å². The summed E-state index contributed by atoms with van der Waals surface area (Å²) < 4.78 is 10.9. The second-order valence-corrected chi connectivity index (χ2v) is 8.18. The van der Waals surface area contributed by atoms with E-state index in [1.807, 2.05) is 18.4 Å². The van der Waals surface area contributed by atoms with E-state index in [1.165, 1.54) is 16.2 Å². The molecule has 7 nitrogen and oxygen atoms in total. The molecule has 0 atom stereocenters. The normalized spacial score (nSPS) is 10.3. The molecule has 0 radical (unpaired) electrons. The van der Waals surface area contributed by atoms with Gasteiger partial charge in [-0.2, -0.15) is 5.26 Å². The molecule has 1 heterocycles. The fraction of sp³-hybridized carbons (Fsp3) is 0.217. The average molecular weight is 470 g/mol. The minimum Gasteiger partial charge on any atom is -0.487 e. The molecular formula is C23H20ClN3O4S. The standard InChI is InChI=1S/C23H20ClN3O4S/c1-16-26-19(15-32-16)13-30-21-8-2-5-17(11-21)23(29)31-14-22(28)27(10-4-9-25)20-7-3-6-18(24)12-20/h2-3,5-8,11-12,15H,4,10,13-14H2,1H3. The van der Waals surface area contributed by atoms with Crippen LogP contribution in [0.5, 0.6) is 5.75 Å². The van der Waals surface area contributed by atoms with Gasteiger partial charge in [0.2, 0.25) is 0 Å². The predicted octanol–water partition coefficient (Wildman–Crippen LogP) is 4.79. The Labute approximate surface area is 194 Å². The highest BCUT2D eigenvalue weighted by molar-refractivity contribution is 7.09. The summed E-state index contributed by atoms with van der Waals surface area (Å²) in [7, 11) is 0. The van der Waals surface area contributed by atoms with E-state index in [-0.39, 0.29) is 25.1 Å². The first-order valence-electron chi connectivity index (χ1n) is 9.70. The molecule has 0 unspecified atom stereocenters. The van der Waals surface area contributed by atoms with Crippen LogP contribution in [0, 0.1) is 18.3 Å². The molecule has 32 heavy (non-hydrogen) atoms. The van der Waals surface area contributed by atoms with E-state index >= 15 is 0 Å². The van der Waals surface area contributed by atoms with Crippen LogP contribution in [0.2, 0.25) is 5.02 Å². The molecule has 0 aliphatic carbocycles. The number of anilines is 1. The minimum absolute atomic E-state index is 0.129. The molecule has 0 N–H and O–H groups in total. The Kier molecular flexibility index (Phi) is 8.20. The number of aromatic nitrogens is 1. The van der Waals surface area contributed by atoms with Crippen molar-refractivity contribution in [3.8, 4) is 11.8 Å². The first kappa shape index (κ1) is 23.3. The van der Waals surface area contributed by atoms with Crippen LogP contribution in [0.3, 0.4) is 0 Å². The van der Waals surface area contributed by atoms with Gasteiger partial charge in [0, 0.05) is 22.6 Å². The lowest BCUT2D eigenvalue weighted by atomic mass is 10.2. The third-order valence-corrected chi connectivity index (χ3v) is 5.38. The number of nitrogens with zero attached hydrogens (tertiary/aromatic N) is 3. The van der Waals surface area contributed by atoms with E-state index < -0.39 is 18.5 Å². The monoisotopic (exact) mass is 469 g/mol. The molecule has 2 aromatic carbocycles. The number of benzene rings is 2. The largest absolute Gasteiger partial charge is 0.487 e. The number of halogens is 1. The Morgan fingerprint density at radius 1 is 1.22 bits per heavy atom. The molecule has 0 saturated heterocycles. The van der Waals surface area contributed by atoms with Crippen molar-refractivity contribution < 1.29 is 19.1 Å². The van der Waals surface area contributed by atoms with Crippen molar-refractivity contribution in [2.24, 2.45) is 0 Å². The summed E-state index contributed by atoms with van der Waals surface area (Å²) in [5, 5.41) is 12.2. The van der Waals surface area contributed by atoms with E-state index in [9.17, 15) is 9.59 Å². The van der Waals surface area contributed by atoms with Gasteiger partial charge in [0.25, 0.3) is 5.91 Å². The number of carbonyl (C=O) groups excluding carboxylic acids is 2. The van der Waals surface area contributed by atoms with Crippen LogP contribution in [0.15, 0.2) is 53.9 Å². The number of ether oxygens (including phenoxy) is 2. The quantitative estimate of drug-likeness (QED) is 0.418. The number of carbonyl (C=O) groups is 2. The predicted molar refractivity (Wildman–Crippen MR) is 122 cm³/mol. The van der Waals surface area contributed by atoms with Gasteiger partial charge < -0.3 is 14.4 Å². The zero-order valence-corrected chi connectivity index (χ0v) is 18.9. The Balaban J connectivity index is 1.60. The van der Waals surface area contributed by atoms with Crippen molar-refractivity contribution in [1.29, 1.82) is 5.26 Å². The summed E-state index contributed by atoms with van der Waals surface area (Å²) in [6, 6.07) is 15.2. The van der Waals surface area contributed by atoms with E-state index in [1.54, 1.807) is 48.5 Å². The van der Waals surface area contributed by atoms with E-state index in [0.29, 0.717) is 16.5 Å². The first-order chi connectivity index (χ1) is 15.5. The van der Waals surface area contributed by atoms with Crippen molar-refractivity contribution >= 4 is 40.5 Å². The summed E-state index contributed by atoms with van der Waals surface area (Å²) in [5.74, 6) is -0.618. The van der Waals surface area contributed by atoms with Crippen LogP contribution in [-0.4, -0.2) is 30.0 Å². The van der Waals surface area contributed by atoms with Crippen molar-refractivity contribution in [2.75, 3.05) is 18.1 Å². The maximum atomic E-state index is 12.7. The lowest BCUT2D eigenvalue weighted by molar-refractivity contribution is -0.121. The summed E-state index contributed by atoms with van der Waals surface area (Å²) in [6.45, 7) is 1.89. The number of thiazole rings is 1. The highest BCUT2D eigenvalue weighted by atomic mass is 35.5. The molecule has 0 fully saturated rings. The lowest BCUT2D eigenvalue weighted by Crippen LogP contribution is -2.35. The molecule has 3 aromatic rings. The van der Waals surface area contributed by atoms with Crippen LogP contribution in [0.4, 0.5) is 5.69 Å². The van der Waals surface area contributed by atoms with Gasteiger partial charge in [-0.1, -0.05) is 23.7 Å². The van der Waals surface area contributed by atoms with Crippen LogP contribution in [-0.2, 0) is 16.1 Å². The Morgan fingerprint density at radius 3 is 2.75 bits per heavy atom. The van der Waals surface area contributed by atoms with Gasteiger partial charge in [-0.15, -0.1) is 11.3 Å². The molecule has 0 aliphatic heterocycles. The van der Waals surface area contributed by atoms with E-state index in [0.717, 1.165) is 10.7 Å². The van der Waals surface area contributed by atoms with Gasteiger partial charge in [-0.05, 0) is 43.3 Å². The van der Waals surface area contributed by atoms with Crippen LogP contribution in [0.1, 0.15) is 27.5 Å². The molecular weight excluding hydrogens is 450 g/mol. The summed E-state index contributed by atoms with van der Waals surface area (Å²) in [4.78, 5) is 30.9. The molecule has 9 heteroatoms. The van der Waals surface area contributed by atoms with Gasteiger partial charge >= 0.3 is 5.97 Å². The smallest absolute Gasteiger partial charge is 0.338 e. The Hall–Kier alpha value is -3.41. The minimum atomic E-state index is -0.653. The number of rotatable bonds is 9. The average Bonchev–Trinajstić information content (AvgIpc) is 3.21. The zero-order valence-electron chi connectivity index (χ0n) is 17.3. The lowest BCUT2D eigenvalue weighted by Gasteiger charge is -2.21. The molecule has 1 aromatic heterocycles. The second-order valence-electron chi connectivity index (χ2n) is 6.68. The molecule has 0 aliphatic rings. The third kappa shape index (κ3) is 6.54. The van der Waals surface area contributed by atoms with Gasteiger partial charge in [-0.25, -0.2) is 9.78 Å². The molecule has 0 bridgehead atoms. The highest BCUT2D eigenvalue weighted by Gasteiger charge is 2.19. The SMILES string of the molecule is Cc1nc(COc2cccc(C(=O)OCC(=O)N(CCC#N)c3cccc(Cl)c3)c2)cs1. The van der Waals surface area contributed by atoms with Gasteiger partial charge in [0.15, 0.2) is 6.61 Å². The zero-order chi connectivity index (χ0) is 22.9. The molecule has 0 spiro atoms. The number of hydrogen-bond donors (Lipinski definition) is 0. The Bertz CT molecular complexity index is 1140. The van der Waals surface area contributed by atoms with E-state index in [4.69, 9.17) is 26.3 Å². The summed E-state index contributed by atoms with van der Waals surface area (Å²) in [5.41, 5.74) is 1.60. The number of nitriles is 1. The van der Waals surface area contributed by atoms with Crippen molar-refractivity contribution in [2.45, 2.75) is 20.0 Å². The van der Waals surface area contributed by atoms with Gasteiger partial charge in [0.1, 0.15) is 12.4 Å². The highest BCUT2D eigenvalue weighted by Crippen LogP contribution is 2.21. The summed E-state index contributed by atoms with van der Waals surface area (Å²) in [6.07, 6.45) is 0.129. The summed E-state index contributed by atoms with van der Waals surface area (Å²) >= 11 is 7.55. The number of hydrogen-bond acceptors (Lipinski definition) is 7. The van der Waals surface area contributed by atoms with Crippen molar-refractivity contribution in [3.05, 3.63) is 75.2 Å². The van der Waals surface area contributed by atoms with Crippen LogP contribution >= 0.6 is 22.9 Å². The molecule has 3 rings (SSSR count). The topological polar surface area (TPSA) is 92.5 Å². The van der Waals surface area contributed by atoms with Gasteiger partial charge in [-0.3, -0.25) is 4.79 Å². The first-order valence-corrected chi connectivity index (χ1v) is 11.0. The second kappa shape index (κ2) is 11.3. The third-order valence-electron chi connectivity index (χ3n) is 4.32. The van der Waals surface area contributed by atoms with Gasteiger partial charge in [0.05, 0.1) is 28.8 Å². The Morgan fingerprint density at radius 2 is 2.03 bits per heavy atom. The molecule has 164 valence electrons. The number of amides is 1. The van der Waals surface area contributed by atoms with Crippen LogP contribution < -0.4 is 9.64 Å². The molecule has 1 amide bonds. The maximum absolute atomic E-state index is 12.7. The van der Waals surface area contributed by atoms with Crippen molar-refractivity contribution in [3.63, 3.8) is 0 Å². The fourth-order valence-corrected chi connectivity index (χ4v) is 3.62. The fourth-order valence-electron chi connectivity index (χ4n) is 2.84. The van der Waals surface area contributed by atoms with Crippen LogP contribution in [0.25, 0.3) is 0 Å².